The molecule has 0 radical (unpaired) electrons. The molecule has 0 bridgehead atoms. The third-order valence-corrected chi connectivity index (χ3v) is 4.52. The third-order valence-electron chi connectivity index (χ3n) is 4.52. The van der Waals surface area contributed by atoms with Crippen LogP contribution in [0.25, 0.3) is 22.2 Å². The van der Waals surface area contributed by atoms with Gasteiger partial charge in [-0.3, -0.25) is 4.79 Å². The Morgan fingerprint density at radius 1 is 1.15 bits per heavy atom. The van der Waals surface area contributed by atoms with Crippen molar-refractivity contribution in [2.24, 2.45) is 0 Å². The minimum atomic E-state index is -0.424. The average molecular weight is 366 g/mol. The lowest BCUT2D eigenvalue weighted by molar-refractivity contribution is -0.186. The maximum absolute atomic E-state index is 13.2. The first kappa shape index (κ1) is 17.6. The van der Waals surface area contributed by atoms with E-state index < -0.39 is 6.29 Å². The Morgan fingerprint density at radius 2 is 1.96 bits per heavy atom. The zero-order valence-corrected chi connectivity index (χ0v) is 14.7. The van der Waals surface area contributed by atoms with Gasteiger partial charge in [-0.2, -0.15) is 0 Å². The van der Waals surface area contributed by atoms with Crippen LogP contribution in [0.4, 0.5) is 4.39 Å². The van der Waals surface area contributed by atoms with Gasteiger partial charge in [0.05, 0.1) is 16.8 Å². The molecule has 4 rings (SSSR count). The number of fused-ring (bicyclic) bond motifs is 1. The summed E-state index contributed by atoms with van der Waals surface area (Å²) in [6.45, 7) is 0.632. The summed E-state index contributed by atoms with van der Waals surface area (Å²) in [5, 5.41) is 0.717. The zero-order valence-electron chi connectivity index (χ0n) is 14.7. The van der Waals surface area contributed by atoms with Crippen LogP contribution in [-0.4, -0.2) is 23.8 Å². The van der Waals surface area contributed by atoms with Gasteiger partial charge in [-0.15, -0.1) is 0 Å². The molecule has 0 spiro atoms. The van der Waals surface area contributed by atoms with E-state index in [2.05, 4.69) is 10.5 Å². The van der Waals surface area contributed by atoms with Crippen LogP contribution in [0.2, 0.25) is 0 Å². The van der Waals surface area contributed by atoms with E-state index in [0.717, 1.165) is 24.8 Å². The Balaban J connectivity index is 1.65. The first-order valence-corrected chi connectivity index (χ1v) is 8.94. The number of rotatable bonds is 4. The van der Waals surface area contributed by atoms with E-state index in [1.807, 2.05) is 24.3 Å². The molecule has 1 saturated heterocycles. The van der Waals surface area contributed by atoms with Gasteiger partial charge in [0.2, 0.25) is 0 Å². The van der Waals surface area contributed by atoms with Gasteiger partial charge in [-0.05, 0) is 49.2 Å². The van der Waals surface area contributed by atoms with Gasteiger partial charge in [0.15, 0.2) is 6.29 Å². The second-order valence-corrected chi connectivity index (χ2v) is 6.42. The van der Waals surface area contributed by atoms with Gasteiger partial charge >= 0.3 is 0 Å². The highest BCUT2D eigenvalue weighted by Gasteiger charge is 2.18. The Kier molecular flexibility index (Phi) is 5.09. The Bertz CT molecular complexity index is 953. The summed E-state index contributed by atoms with van der Waals surface area (Å²) in [7, 11) is 0. The van der Waals surface area contributed by atoms with Crippen LogP contribution >= 0.6 is 0 Å². The molecule has 3 aromatic rings. The lowest BCUT2D eigenvalue weighted by atomic mass is 10.0. The molecule has 0 aliphatic carbocycles. The monoisotopic (exact) mass is 366 g/mol. The first-order valence-electron chi connectivity index (χ1n) is 8.94. The van der Waals surface area contributed by atoms with Crippen molar-refractivity contribution >= 4 is 16.8 Å². The molecule has 138 valence electrons. The van der Waals surface area contributed by atoms with E-state index in [-0.39, 0.29) is 11.7 Å². The van der Waals surface area contributed by atoms with Crippen molar-refractivity contribution in [3.05, 3.63) is 66.0 Å². The van der Waals surface area contributed by atoms with Crippen molar-refractivity contribution in [3.8, 4) is 11.3 Å². The smallest absolute Gasteiger partial charge is 0.275 e. The van der Waals surface area contributed by atoms with Crippen LogP contribution < -0.4 is 5.48 Å². The van der Waals surface area contributed by atoms with Gasteiger partial charge < -0.3 is 4.74 Å². The van der Waals surface area contributed by atoms with E-state index in [4.69, 9.17) is 9.57 Å². The Hall–Kier alpha value is -2.83. The van der Waals surface area contributed by atoms with Crippen molar-refractivity contribution in [2.45, 2.75) is 25.6 Å². The average Bonchev–Trinajstić information content (AvgIpc) is 2.72. The highest BCUT2D eigenvalue weighted by atomic mass is 19.1. The minimum Gasteiger partial charge on any atom is -0.350 e. The number of benzene rings is 2. The number of pyridine rings is 1. The van der Waals surface area contributed by atoms with Crippen molar-refractivity contribution in [2.75, 3.05) is 6.61 Å². The number of aromatic nitrogens is 1. The number of carbonyl (C=O) groups is 1. The van der Waals surface area contributed by atoms with Crippen LogP contribution in [-0.2, 0) is 9.57 Å². The van der Waals surface area contributed by atoms with Crippen LogP contribution in [0.15, 0.2) is 54.6 Å². The second-order valence-electron chi connectivity index (χ2n) is 6.42. The lowest BCUT2D eigenvalue weighted by Crippen LogP contribution is -2.33. The molecule has 1 atom stereocenters. The normalized spacial score (nSPS) is 17.0. The molecule has 1 amide bonds. The summed E-state index contributed by atoms with van der Waals surface area (Å²) in [6.07, 6.45) is 2.34. The fourth-order valence-corrected chi connectivity index (χ4v) is 3.11. The Labute approximate surface area is 156 Å². The van der Waals surface area contributed by atoms with Crippen molar-refractivity contribution < 1.29 is 18.8 Å². The van der Waals surface area contributed by atoms with Crippen molar-refractivity contribution in [1.29, 1.82) is 0 Å². The number of hydrogen-bond acceptors (Lipinski definition) is 4. The largest absolute Gasteiger partial charge is 0.350 e. The van der Waals surface area contributed by atoms with E-state index in [0.29, 0.717) is 28.8 Å². The van der Waals surface area contributed by atoms with E-state index >= 15 is 0 Å². The quantitative estimate of drug-likeness (QED) is 0.702. The number of hydrogen-bond donors (Lipinski definition) is 1. The number of carbonyl (C=O) groups excluding carboxylic acids is 1. The standard InChI is InChI=1S/C21H19FN2O3/c22-15-10-8-14(9-11-15)19-13-17(16-5-1-2-6-18(16)23-19)21(25)24-27-20-7-3-4-12-26-20/h1-2,5-6,8-11,13,20H,3-4,7,12H2,(H,24,25)/t20-/m0/s1. The number of halogens is 1. The highest BCUT2D eigenvalue weighted by Crippen LogP contribution is 2.25. The molecule has 2 aromatic carbocycles. The summed E-state index contributed by atoms with van der Waals surface area (Å²) in [6, 6.07) is 15.1. The maximum atomic E-state index is 13.2. The van der Waals surface area contributed by atoms with Gasteiger partial charge in [-0.25, -0.2) is 19.7 Å². The number of nitrogens with zero attached hydrogens (tertiary/aromatic N) is 1. The first-order chi connectivity index (χ1) is 13.2. The number of para-hydroxylation sites is 1. The SMILES string of the molecule is O=C(NO[C@H]1CCCCO1)c1cc(-c2ccc(F)cc2)nc2ccccc12. The second kappa shape index (κ2) is 7.82. The predicted octanol–water partition coefficient (Wildman–Crippen LogP) is 4.23. The topological polar surface area (TPSA) is 60.5 Å². The molecular weight excluding hydrogens is 347 g/mol. The molecule has 1 aliphatic rings. The zero-order chi connectivity index (χ0) is 18.6. The molecule has 1 aromatic heterocycles. The van der Waals surface area contributed by atoms with E-state index in [1.54, 1.807) is 18.2 Å². The molecule has 1 fully saturated rings. The fourth-order valence-electron chi connectivity index (χ4n) is 3.11. The molecule has 1 aliphatic heterocycles. The van der Waals surface area contributed by atoms with Crippen molar-refractivity contribution in [3.63, 3.8) is 0 Å². The number of ether oxygens (including phenoxy) is 1. The molecule has 5 nitrogen and oxygen atoms in total. The molecule has 6 heteroatoms. The minimum absolute atomic E-state index is 0.321. The summed E-state index contributed by atoms with van der Waals surface area (Å²) in [5.41, 5.74) is 4.94. The molecule has 2 heterocycles. The fraction of sp³-hybridized carbons (Fsp3) is 0.238. The summed E-state index contributed by atoms with van der Waals surface area (Å²) in [5.74, 6) is -0.690. The van der Waals surface area contributed by atoms with E-state index in [1.165, 1.54) is 12.1 Å². The van der Waals surface area contributed by atoms with E-state index in [9.17, 15) is 9.18 Å². The van der Waals surface area contributed by atoms with Crippen molar-refractivity contribution in [1.82, 2.24) is 10.5 Å². The molecular formula is C21H19FN2O3. The number of hydroxylamine groups is 1. The molecule has 0 saturated carbocycles. The lowest BCUT2D eigenvalue weighted by Gasteiger charge is -2.22. The van der Waals surface area contributed by atoms with Crippen LogP contribution in [0, 0.1) is 5.82 Å². The van der Waals surface area contributed by atoms with Gasteiger partial charge in [0.25, 0.3) is 5.91 Å². The predicted molar refractivity (Wildman–Crippen MR) is 99.3 cm³/mol. The summed E-state index contributed by atoms with van der Waals surface area (Å²) in [4.78, 5) is 22.8. The summed E-state index contributed by atoms with van der Waals surface area (Å²) < 4.78 is 18.7. The maximum Gasteiger partial charge on any atom is 0.275 e. The van der Waals surface area contributed by atoms with Gasteiger partial charge in [0, 0.05) is 24.0 Å². The van der Waals surface area contributed by atoms with Crippen LogP contribution in [0.1, 0.15) is 29.6 Å². The number of nitrogens with one attached hydrogen (secondary N) is 1. The van der Waals surface area contributed by atoms with Gasteiger partial charge in [-0.1, -0.05) is 18.2 Å². The third kappa shape index (κ3) is 3.97. The molecule has 1 N–H and O–H groups in total. The van der Waals surface area contributed by atoms with Crippen LogP contribution in [0.3, 0.4) is 0 Å². The Morgan fingerprint density at radius 3 is 2.74 bits per heavy atom. The summed E-state index contributed by atoms with van der Waals surface area (Å²) >= 11 is 0. The highest BCUT2D eigenvalue weighted by molar-refractivity contribution is 6.06. The van der Waals surface area contributed by atoms with Crippen LogP contribution in [0.5, 0.6) is 0 Å². The van der Waals surface area contributed by atoms with Gasteiger partial charge in [0.1, 0.15) is 5.82 Å². The number of amides is 1. The molecule has 0 unspecified atom stereocenters. The molecule has 27 heavy (non-hydrogen) atoms.